The Labute approximate surface area is 152 Å². The molecule has 0 aliphatic rings. The zero-order valence-corrected chi connectivity index (χ0v) is 15.5. The van der Waals surface area contributed by atoms with Crippen molar-refractivity contribution in [3.8, 4) is 17.2 Å². The third kappa shape index (κ3) is 4.79. The molecule has 0 heterocycles. The number of hydrogen-bond acceptors (Lipinski definition) is 5. The van der Waals surface area contributed by atoms with Crippen LogP contribution >= 0.6 is 11.6 Å². The first-order valence-corrected chi connectivity index (χ1v) is 8.24. The van der Waals surface area contributed by atoms with E-state index in [0.717, 1.165) is 11.1 Å². The van der Waals surface area contributed by atoms with Crippen LogP contribution in [0.4, 0.5) is 4.79 Å². The van der Waals surface area contributed by atoms with Crippen LogP contribution in [0.15, 0.2) is 30.3 Å². The topological polar surface area (TPSA) is 54.0 Å². The fourth-order valence-corrected chi connectivity index (χ4v) is 2.49. The number of hydrogen-bond donors (Lipinski definition) is 0. The van der Waals surface area contributed by atoms with Crippen LogP contribution < -0.4 is 14.2 Å². The zero-order chi connectivity index (χ0) is 18.4. The van der Waals surface area contributed by atoms with Crippen molar-refractivity contribution < 1.29 is 23.7 Å². The van der Waals surface area contributed by atoms with E-state index in [-0.39, 0.29) is 6.61 Å². The summed E-state index contributed by atoms with van der Waals surface area (Å²) in [7, 11) is 1.25. The Hall–Kier alpha value is -2.40. The van der Waals surface area contributed by atoms with E-state index in [1.807, 2.05) is 32.9 Å². The molecule has 0 aliphatic carbocycles. The van der Waals surface area contributed by atoms with Gasteiger partial charge in [-0.25, -0.2) is 4.79 Å². The van der Waals surface area contributed by atoms with E-state index in [4.69, 9.17) is 25.8 Å². The lowest BCUT2D eigenvalue weighted by atomic mass is 10.1. The van der Waals surface area contributed by atoms with Gasteiger partial charge in [-0.3, -0.25) is 0 Å². The molecule has 0 unspecified atom stereocenters. The fraction of sp³-hybridized carbons (Fsp3) is 0.316. The van der Waals surface area contributed by atoms with Gasteiger partial charge in [0, 0.05) is 0 Å². The van der Waals surface area contributed by atoms with E-state index in [9.17, 15) is 4.79 Å². The summed E-state index contributed by atoms with van der Waals surface area (Å²) in [6.07, 6.45) is -0.806. The van der Waals surface area contributed by atoms with Gasteiger partial charge in [0.05, 0.1) is 24.3 Å². The van der Waals surface area contributed by atoms with Crippen molar-refractivity contribution in [1.82, 2.24) is 0 Å². The van der Waals surface area contributed by atoms with E-state index in [1.54, 1.807) is 18.2 Å². The van der Waals surface area contributed by atoms with Gasteiger partial charge in [-0.15, -0.1) is 0 Å². The molecule has 134 valence electrons. The Bertz CT molecular complexity index is 758. The van der Waals surface area contributed by atoms with Crippen LogP contribution in [0.5, 0.6) is 17.2 Å². The van der Waals surface area contributed by atoms with Crippen LogP contribution in [-0.2, 0) is 11.3 Å². The molecule has 0 spiro atoms. The van der Waals surface area contributed by atoms with E-state index in [2.05, 4.69) is 4.74 Å². The van der Waals surface area contributed by atoms with Crippen molar-refractivity contribution in [3.05, 3.63) is 52.0 Å². The van der Waals surface area contributed by atoms with Crippen molar-refractivity contribution in [2.24, 2.45) is 0 Å². The quantitative estimate of drug-likeness (QED) is 0.528. The SMILES string of the molecule is CCOc1cccc(OC(=O)OC)c1COc1cc(C)c(C)cc1Cl. The summed E-state index contributed by atoms with van der Waals surface area (Å²) in [6, 6.07) is 8.90. The lowest BCUT2D eigenvalue weighted by Crippen LogP contribution is -2.11. The monoisotopic (exact) mass is 364 g/mol. The lowest BCUT2D eigenvalue weighted by molar-refractivity contribution is 0.120. The van der Waals surface area contributed by atoms with Gasteiger partial charge in [-0.05, 0) is 56.2 Å². The second-order valence-corrected chi connectivity index (χ2v) is 5.78. The Morgan fingerprint density at radius 3 is 2.40 bits per heavy atom. The van der Waals surface area contributed by atoms with E-state index in [0.29, 0.717) is 34.4 Å². The van der Waals surface area contributed by atoms with Crippen LogP contribution in [0.2, 0.25) is 5.02 Å². The van der Waals surface area contributed by atoms with Crippen molar-refractivity contribution in [3.63, 3.8) is 0 Å². The van der Waals surface area contributed by atoms with Crippen LogP contribution in [0.1, 0.15) is 23.6 Å². The van der Waals surface area contributed by atoms with Crippen molar-refractivity contribution in [1.29, 1.82) is 0 Å². The molecular weight excluding hydrogens is 344 g/mol. The van der Waals surface area contributed by atoms with Crippen LogP contribution in [0.25, 0.3) is 0 Å². The zero-order valence-electron chi connectivity index (χ0n) is 14.7. The maximum Gasteiger partial charge on any atom is 0.513 e. The molecule has 0 aliphatic heterocycles. The van der Waals surface area contributed by atoms with E-state index in [1.165, 1.54) is 7.11 Å². The normalized spacial score (nSPS) is 10.3. The highest BCUT2D eigenvalue weighted by Gasteiger charge is 2.16. The molecule has 0 aromatic heterocycles. The number of methoxy groups -OCH3 is 1. The fourth-order valence-electron chi connectivity index (χ4n) is 2.22. The molecule has 0 amide bonds. The molecule has 0 N–H and O–H groups in total. The number of rotatable bonds is 6. The highest BCUT2D eigenvalue weighted by atomic mass is 35.5. The predicted octanol–water partition coefficient (Wildman–Crippen LogP) is 5.08. The standard InChI is InChI=1S/C19H21ClO5/c1-5-23-16-7-6-8-17(25-19(21)22-4)14(16)11-24-18-10-13(3)12(2)9-15(18)20/h6-10H,5,11H2,1-4H3. The van der Waals surface area contributed by atoms with Gasteiger partial charge in [0.2, 0.25) is 0 Å². The second kappa shape index (κ2) is 8.62. The molecule has 0 radical (unpaired) electrons. The van der Waals surface area contributed by atoms with Crippen LogP contribution in [0.3, 0.4) is 0 Å². The van der Waals surface area contributed by atoms with Gasteiger partial charge in [-0.2, -0.15) is 0 Å². The first-order chi connectivity index (χ1) is 12.0. The average molecular weight is 365 g/mol. The highest BCUT2D eigenvalue weighted by molar-refractivity contribution is 6.32. The number of aryl methyl sites for hydroxylation is 2. The molecule has 5 nitrogen and oxygen atoms in total. The number of halogens is 1. The third-order valence-corrected chi connectivity index (χ3v) is 3.97. The maximum atomic E-state index is 11.5. The van der Waals surface area contributed by atoms with E-state index >= 15 is 0 Å². The van der Waals surface area contributed by atoms with Gasteiger partial charge >= 0.3 is 6.16 Å². The summed E-state index contributed by atoms with van der Waals surface area (Å²) in [5, 5.41) is 0.521. The molecule has 2 rings (SSSR count). The number of carbonyl (C=O) groups is 1. The molecule has 6 heteroatoms. The van der Waals surface area contributed by atoms with Crippen LogP contribution in [0, 0.1) is 13.8 Å². The summed E-state index contributed by atoms with van der Waals surface area (Å²) < 4.78 is 21.2. The number of carbonyl (C=O) groups excluding carboxylic acids is 1. The maximum absolute atomic E-state index is 11.5. The summed E-state index contributed by atoms with van der Waals surface area (Å²) in [5.41, 5.74) is 2.76. The molecule has 25 heavy (non-hydrogen) atoms. The van der Waals surface area contributed by atoms with Gasteiger partial charge in [0.15, 0.2) is 0 Å². The molecule has 0 saturated heterocycles. The summed E-state index contributed by atoms with van der Waals surface area (Å²) in [5.74, 6) is 1.45. The molecule has 0 saturated carbocycles. The molecule has 0 bridgehead atoms. The first-order valence-electron chi connectivity index (χ1n) is 7.86. The molecule has 0 fully saturated rings. The Morgan fingerprint density at radius 1 is 1.04 bits per heavy atom. The van der Waals surface area contributed by atoms with Gasteiger partial charge in [0.1, 0.15) is 23.9 Å². The van der Waals surface area contributed by atoms with Crippen molar-refractivity contribution >= 4 is 17.8 Å². The molecule has 2 aromatic carbocycles. The average Bonchev–Trinajstić information content (AvgIpc) is 2.58. The lowest BCUT2D eigenvalue weighted by Gasteiger charge is -2.16. The number of ether oxygens (including phenoxy) is 4. The predicted molar refractivity (Wildman–Crippen MR) is 95.9 cm³/mol. The molecule has 2 aromatic rings. The summed E-state index contributed by atoms with van der Waals surface area (Å²) in [6.45, 7) is 6.44. The van der Waals surface area contributed by atoms with Crippen molar-refractivity contribution in [2.75, 3.05) is 13.7 Å². The largest absolute Gasteiger partial charge is 0.513 e. The molecule has 0 atom stereocenters. The summed E-state index contributed by atoms with van der Waals surface area (Å²) in [4.78, 5) is 11.5. The first kappa shape index (κ1) is 18.9. The van der Waals surface area contributed by atoms with E-state index < -0.39 is 6.16 Å². The summed E-state index contributed by atoms with van der Waals surface area (Å²) >= 11 is 6.25. The highest BCUT2D eigenvalue weighted by Crippen LogP contribution is 2.33. The minimum Gasteiger partial charge on any atom is -0.493 e. The second-order valence-electron chi connectivity index (χ2n) is 5.38. The van der Waals surface area contributed by atoms with Crippen molar-refractivity contribution in [2.45, 2.75) is 27.4 Å². The van der Waals surface area contributed by atoms with Gasteiger partial charge in [-0.1, -0.05) is 17.7 Å². The smallest absolute Gasteiger partial charge is 0.493 e. The minimum atomic E-state index is -0.806. The van der Waals surface area contributed by atoms with Gasteiger partial charge < -0.3 is 18.9 Å². The third-order valence-electron chi connectivity index (χ3n) is 3.67. The molecular formula is C19H21ClO5. The Kier molecular flexibility index (Phi) is 6.53. The Balaban J connectivity index is 2.30. The van der Waals surface area contributed by atoms with Crippen LogP contribution in [-0.4, -0.2) is 19.9 Å². The van der Waals surface area contributed by atoms with Gasteiger partial charge in [0.25, 0.3) is 0 Å². The Morgan fingerprint density at radius 2 is 1.72 bits per heavy atom. The minimum absolute atomic E-state index is 0.130. The number of benzene rings is 2.